The second kappa shape index (κ2) is 7.21. The molecule has 2 heterocycles. The first-order valence-corrected chi connectivity index (χ1v) is 10.9. The van der Waals surface area contributed by atoms with E-state index >= 15 is 0 Å². The number of fused-ring (bicyclic) bond motifs is 3. The highest BCUT2D eigenvalue weighted by atomic mass is 79.9. The van der Waals surface area contributed by atoms with Gasteiger partial charge >= 0.3 is 0 Å². The molecular formula is C22H15Br2ClN2O. The molecule has 3 aromatic rings. The lowest BCUT2D eigenvalue weighted by atomic mass is 9.96. The van der Waals surface area contributed by atoms with Gasteiger partial charge in [0.25, 0.3) is 0 Å². The first-order valence-electron chi connectivity index (χ1n) is 8.92. The highest BCUT2D eigenvalue weighted by molar-refractivity contribution is 9.11. The lowest BCUT2D eigenvalue weighted by Gasteiger charge is -2.38. The first kappa shape index (κ1) is 18.2. The molecule has 2 aliphatic rings. The van der Waals surface area contributed by atoms with Crippen LogP contribution >= 0.6 is 43.5 Å². The maximum absolute atomic E-state index is 6.45. The molecule has 0 aliphatic carbocycles. The van der Waals surface area contributed by atoms with E-state index in [1.165, 1.54) is 0 Å². The van der Waals surface area contributed by atoms with Crippen LogP contribution in [0.25, 0.3) is 0 Å². The molecule has 0 spiro atoms. The molecule has 3 nitrogen and oxygen atoms in total. The fourth-order valence-corrected chi connectivity index (χ4v) is 5.25. The molecule has 0 N–H and O–H groups in total. The second-order valence-electron chi connectivity index (χ2n) is 6.84. The number of nitrogens with zero attached hydrogens (tertiary/aromatic N) is 2. The summed E-state index contributed by atoms with van der Waals surface area (Å²) in [7, 11) is 0. The van der Waals surface area contributed by atoms with Gasteiger partial charge < -0.3 is 4.74 Å². The highest BCUT2D eigenvalue weighted by Crippen LogP contribution is 2.50. The zero-order valence-electron chi connectivity index (χ0n) is 14.6. The summed E-state index contributed by atoms with van der Waals surface area (Å²) in [5, 5.41) is 7.79. The van der Waals surface area contributed by atoms with Gasteiger partial charge in [-0.25, -0.2) is 5.01 Å². The van der Waals surface area contributed by atoms with Gasteiger partial charge in [-0.3, -0.25) is 0 Å². The summed E-state index contributed by atoms with van der Waals surface area (Å²) < 4.78 is 8.41. The van der Waals surface area contributed by atoms with Gasteiger partial charge in [-0.05, 0) is 45.8 Å². The Bertz CT molecular complexity index is 1070. The van der Waals surface area contributed by atoms with Gasteiger partial charge in [-0.1, -0.05) is 70.0 Å². The van der Waals surface area contributed by atoms with Crippen molar-refractivity contribution < 1.29 is 4.74 Å². The zero-order valence-corrected chi connectivity index (χ0v) is 18.6. The van der Waals surface area contributed by atoms with E-state index < -0.39 is 0 Å². The molecule has 0 amide bonds. The molecule has 0 unspecified atom stereocenters. The summed E-state index contributed by atoms with van der Waals surface area (Å²) in [4.78, 5) is 0. The van der Waals surface area contributed by atoms with E-state index in [1.54, 1.807) is 0 Å². The van der Waals surface area contributed by atoms with Crippen molar-refractivity contribution in [3.63, 3.8) is 0 Å². The first-order chi connectivity index (χ1) is 13.6. The van der Waals surface area contributed by atoms with E-state index in [2.05, 4.69) is 55.1 Å². The molecule has 0 saturated carbocycles. The average molecular weight is 519 g/mol. The van der Waals surface area contributed by atoms with Gasteiger partial charge in [0.2, 0.25) is 6.23 Å². The number of ether oxygens (including phenoxy) is 1. The molecule has 3 aromatic carbocycles. The molecule has 140 valence electrons. The summed E-state index contributed by atoms with van der Waals surface area (Å²) in [5.74, 6) is 0.880. The van der Waals surface area contributed by atoms with Crippen molar-refractivity contribution in [3.8, 4) is 5.75 Å². The van der Waals surface area contributed by atoms with Crippen molar-refractivity contribution in [1.82, 2.24) is 5.01 Å². The second-order valence-corrected chi connectivity index (χ2v) is 9.05. The van der Waals surface area contributed by atoms with Gasteiger partial charge in [0.15, 0.2) is 0 Å². The van der Waals surface area contributed by atoms with Crippen LogP contribution in [-0.4, -0.2) is 10.7 Å². The van der Waals surface area contributed by atoms with Crippen LogP contribution in [0.5, 0.6) is 5.75 Å². The number of rotatable bonds is 2. The van der Waals surface area contributed by atoms with Crippen LogP contribution in [0.15, 0.2) is 80.8 Å². The summed E-state index contributed by atoms with van der Waals surface area (Å²) in [6.07, 6.45) is 0.533. The van der Waals surface area contributed by atoms with Crippen LogP contribution in [0.2, 0.25) is 5.02 Å². The van der Waals surface area contributed by atoms with Gasteiger partial charge in [0.1, 0.15) is 5.75 Å². The Balaban J connectivity index is 1.63. The van der Waals surface area contributed by atoms with Crippen molar-refractivity contribution >= 4 is 49.2 Å². The van der Waals surface area contributed by atoms with E-state index in [4.69, 9.17) is 21.4 Å². The number of hydrogen-bond acceptors (Lipinski definition) is 3. The number of halogens is 3. The van der Waals surface area contributed by atoms with E-state index in [-0.39, 0.29) is 12.3 Å². The van der Waals surface area contributed by atoms with Crippen LogP contribution in [0.1, 0.15) is 35.4 Å². The minimum atomic E-state index is -0.277. The van der Waals surface area contributed by atoms with E-state index in [0.717, 1.165) is 48.5 Å². The molecule has 28 heavy (non-hydrogen) atoms. The Hall–Kier alpha value is -1.82. The van der Waals surface area contributed by atoms with E-state index in [0.29, 0.717) is 0 Å². The number of benzene rings is 3. The highest BCUT2D eigenvalue weighted by Gasteiger charge is 2.41. The molecule has 2 aliphatic heterocycles. The Morgan fingerprint density at radius 2 is 1.75 bits per heavy atom. The van der Waals surface area contributed by atoms with Crippen LogP contribution < -0.4 is 4.74 Å². The minimum absolute atomic E-state index is 0.105. The van der Waals surface area contributed by atoms with Crippen molar-refractivity contribution in [1.29, 1.82) is 0 Å². The van der Waals surface area contributed by atoms with Crippen molar-refractivity contribution in [2.45, 2.75) is 18.7 Å². The predicted molar refractivity (Wildman–Crippen MR) is 119 cm³/mol. The molecule has 0 aromatic heterocycles. The SMILES string of the molecule is Clc1ccc(C2=NN3[C@H](C2)c2cc(Br)cc(Br)c2O[C@H]3c2ccccc2)cc1. The Labute approximate surface area is 185 Å². The van der Waals surface area contributed by atoms with Gasteiger partial charge in [-0.15, -0.1) is 0 Å². The summed E-state index contributed by atoms with van der Waals surface area (Å²) in [6, 6.07) is 22.3. The van der Waals surface area contributed by atoms with Crippen LogP contribution in [0.4, 0.5) is 0 Å². The summed E-state index contributed by atoms with van der Waals surface area (Å²) in [5.41, 5.74) is 4.33. The van der Waals surface area contributed by atoms with E-state index in [9.17, 15) is 0 Å². The Kier molecular flexibility index (Phi) is 4.69. The minimum Gasteiger partial charge on any atom is -0.463 e. The molecule has 0 fully saturated rings. The van der Waals surface area contributed by atoms with Crippen LogP contribution in [0.3, 0.4) is 0 Å². The third-order valence-corrected chi connectivity index (χ3v) is 6.37. The van der Waals surface area contributed by atoms with Crippen molar-refractivity contribution in [2.75, 3.05) is 0 Å². The van der Waals surface area contributed by atoms with Crippen molar-refractivity contribution in [2.24, 2.45) is 5.10 Å². The topological polar surface area (TPSA) is 24.8 Å². The standard InChI is InChI=1S/C22H15Br2ClN2O/c23-15-10-17-20-12-19(13-6-8-16(25)9-7-13)26-27(20)22(14-4-2-1-3-5-14)28-21(17)18(24)11-15/h1-11,20,22H,12H2/t20-,22+/m1/s1. The predicted octanol–water partition coefficient (Wildman–Crippen LogP) is 7.11. The molecule has 0 saturated heterocycles. The molecule has 2 atom stereocenters. The van der Waals surface area contributed by atoms with Crippen LogP contribution in [-0.2, 0) is 0 Å². The fourth-order valence-electron chi connectivity index (χ4n) is 3.77. The van der Waals surface area contributed by atoms with E-state index in [1.807, 2.05) is 48.5 Å². The average Bonchev–Trinajstić information content (AvgIpc) is 3.14. The molecular weight excluding hydrogens is 504 g/mol. The van der Waals surface area contributed by atoms with Gasteiger partial charge in [0, 0.05) is 27.0 Å². The smallest absolute Gasteiger partial charge is 0.213 e. The monoisotopic (exact) mass is 516 g/mol. The van der Waals surface area contributed by atoms with Gasteiger partial charge in [0.05, 0.1) is 16.2 Å². The normalized spacial score (nSPS) is 20.2. The molecule has 6 heteroatoms. The fraction of sp³-hybridized carbons (Fsp3) is 0.136. The maximum atomic E-state index is 6.45. The van der Waals surface area contributed by atoms with Crippen LogP contribution in [0, 0.1) is 0 Å². The Morgan fingerprint density at radius 1 is 1.00 bits per heavy atom. The molecule has 0 radical (unpaired) electrons. The molecule has 5 rings (SSSR count). The molecule has 0 bridgehead atoms. The zero-order chi connectivity index (χ0) is 19.3. The van der Waals surface area contributed by atoms with Crippen molar-refractivity contribution in [3.05, 3.63) is 97.4 Å². The summed E-state index contributed by atoms with van der Waals surface area (Å²) >= 11 is 13.3. The third kappa shape index (κ3) is 3.15. The largest absolute Gasteiger partial charge is 0.463 e. The quantitative estimate of drug-likeness (QED) is 0.361. The lowest BCUT2D eigenvalue weighted by molar-refractivity contribution is -0.0197. The summed E-state index contributed by atoms with van der Waals surface area (Å²) in [6.45, 7) is 0. The number of hydrazone groups is 1. The third-order valence-electron chi connectivity index (χ3n) is 5.07. The Morgan fingerprint density at radius 3 is 2.50 bits per heavy atom. The maximum Gasteiger partial charge on any atom is 0.213 e. The lowest BCUT2D eigenvalue weighted by Crippen LogP contribution is -2.33. The number of hydrogen-bond donors (Lipinski definition) is 0. The van der Waals surface area contributed by atoms with Gasteiger partial charge in [-0.2, -0.15) is 5.10 Å².